The first-order chi connectivity index (χ1) is 20.3. The van der Waals surface area contributed by atoms with Crippen LogP contribution < -0.4 is 5.32 Å². The first-order valence-corrected chi connectivity index (χ1v) is 13.2. The Morgan fingerprint density at radius 3 is 2.33 bits per heavy atom. The van der Waals surface area contributed by atoms with Crippen LogP contribution in [0.2, 0.25) is 0 Å². The second kappa shape index (κ2) is 10.7. The van der Waals surface area contributed by atoms with Gasteiger partial charge in [-0.3, -0.25) is 9.59 Å². The zero-order valence-electron chi connectivity index (χ0n) is 22.5. The van der Waals surface area contributed by atoms with Crippen molar-refractivity contribution in [3.63, 3.8) is 0 Å². The van der Waals surface area contributed by atoms with Crippen LogP contribution in [0.15, 0.2) is 103 Å². The van der Waals surface area contributed by atoms with E-state index in [9.17, 15) is 23.9 Å². The Morgan fingerprint density at radius 2 is 1.57 bits per heavy atom. The van der Waals surface area contributed by atoms with Crippen molar-refractivity contribution in [2.75, 3.05) is 0 Å². The molecule has 7 nitrogen and oxygen atoms in total. The highest BCUT2D eigenvalue weighted by Gasteiger charge is 2.22. The number of aromatic nitrogens is 2. The Hall–Kier alpha value is -5.63. The number of benzene rings is 4. The summed E-state index contributed by atoms with van der Waals surface area (Å²) < 4.78 is 15.2. The Morgan fingerprint density at radius 1 is 0.833 bits per heavy atom. The minimum atomic E-state index is -1.02. The Bertz CT molecular complexity index is 2030. The van der Waals surface area contributed by atoms with E-state index in [0.29, 0.717) is 21.9 Å². The predicted molar refractivity (Wildman–Crippen MR) is 157 cm³/mol. The molecule has 0 atom stereocenters. The first-order valence-electron chi connectivity index (χ1n) is 13.2. The van der Waals surface area contributed by atoms with Crippen LogP contribution in [0.1, 0.15) is 47.8 Å². The lowest BCUT2D eigenvalue weighted by molar-refractivity contribution is 0.0696. The first kappa shape index (κ1) is 26.6. The molecule has 2 aromatic heterocycles. The molecule has 8 heteroatoms. The van der Waals surface area contributed by atoms with Crippen LogP contribution in [-0.2, 0) is 6.54 Å². The van der Waals surface area contributed by atoms with Gasteiger partial charge in [-0.25, -0.2) is 13.7 Å². The predicted octanol–water partition coefficient (Wildman–Crippen LogP) is 6.46. The second-order valence-corrected chi connectivity index (χ2v) is 10.0. The van der Waals surface area contributed by atoms with Crippen molar-refractivity contribution < 1.29 is 23.9 Å². The quantitative estimate of drug-likeness (QED) is 0.219. The summed E-state index contributed by atoms with van der Waals surface area (Å²) in [5.74, 6) is -2.12. The van der Waals surface area contributed by atoms with Crippen LogP contribution in [0.25, 0.3) is 27.4 Å². The zero-order chi connectivity index (χ0) is 29.4. The average molecular weight is 558 g/mol. The van der Waals surface area contributed by atoms with Gasteiger partial charge in [0.15, 0.2) is 5.78 Å². The van der Waals surface area contributed by atoms with Gasteiger partial charge in [-0.2, -0.15) is 5.10 Å². The molecule has 0 fully saturated rings. The molecular weight excluding hydrogens is 533 g/mol. The molecule has 0 bridgehead atoms. The highest BCUT2D eigenvalue weighted by atomic mass is 19.1. The number of hydrogen-bond donors (Lipinski definition) is 2. The maximum absolute atomic E-state index is 13.8. The maximum Gasteiger partial charge on any atom is 0.335 e. The molecule has 206 valence electrons. The number of aromatic carboxylic acids is 1. The van der Waals surface area contributed by atoms with E-state index in [1.54, 1.807) is 55.6 Å². The standard InChI is InChI=1S/C34H24FN3O4/c1-20-13-25(34(41)42)9-10-26(20)17-36-33(40)29-16-27(21-5-3-2-4-6-21)19-38-31(29)30(18-37-38)32(39)24-8-7-23-15-28(35)12-11-22(23)14-24/h2-16,18-19H,17H2,1H3,(H,36,40)(H,41,42). The number of nitrogens with zero attached hydrogens (tertiary/aromatic N) is 2. The molecule has 6 rings (SSSR count). The average Bonchev–Trinajstić information content (AvgIpc) is 3.43. The molecule has 0 radical (unpaired) electrons. The lowest BCUT2D eigenvalue weighted by atomic mass is 9.98. The Kier molecular flexibility index (Phi) is 6.80. The summed E-state index contributed by atoms with van der Waals surface area (Å²) in [5, 5.41) is 18.0. The summed E-state index contributed by atoms with van der Waals surface area (Å²) in [6, 6.07) is 25.4. The number of carboxylic acid groups (broad SMARTS) is 1. The fourth-order valence-electron chi connectivity index (χ4n) is 5.06. The summed E-state index contributed by atoms with van der Waals surface area (Å²) in [4.78, 5) is 38.8. The van der Waals surface area contributed by atoms with E-state index >= 15 is 0 Å². The minimum Gasteiger partial charge on any atom is -0.478 e. The van der Waals surface area contributed by atoms with Gasteiger partial charge in [-0.05, 0) is 70.8 Å². The third-order valence-electron chi connectivity index (χ3n) is 7.30. The lowest BCUT2D eigenvalue weighted by Crippen LogP contribution is -2.24. The molecule has 0 aliphatic heterocycles. The van der Waals surface area contributed by atoms with E-state index in [2.05, 4.69) is 10.4 Å². The monoisotopic (exact) mass is 557 g/mol. The van der Waals surface area contributed by atoms with Gasteiger partial charge in [0.25, 0.3) is 5.91 Å². The largest absolute Gasteiger partial charge is 0.478 e. The van der Waals surface area contributed by atoms with Crippen molar-refractivity contribution in [2.45, 2.75) is 13.5 Å². The van der Waals surface area contributed by atoms with Gasteiger partial charge in [0.05, 0.1) is 28.4 Å². The molecule has 0 saturated carbocycles. The molecule has 0 aliphatic rings. The van der Waals surface area contributed by atoms with E-state index in [-0.39, 0.29) is 34.8 Å². The van der Waals surface area contributed by atoms with Crippen molar-refractivity contribution in [2.24, 2.45) is 0 Å². The number of nitrogens with one attached hydrogen (secondary N) is 1. The van der Waals surface area contributed by atoms with Crippen molar-refractivity contribution in [1.82, 2.24) is 14.9 Å². The van der Waals surface area contributed by atoms with Crippen molar-refractivity contribution in [1.29, 1.82) is 0 Å². The summed E-state index contributed by atoms with van der Waals surface area (Å²) >= 11 is 0. The number of ketones is 1. The van der Waals surface area contributed by atoms with Crippen molar-refractivity contribution in [3.05, 3.63) is 143 Å². The highest BCUT2D eigenvalue weighted by Crippen LogP contribution is 2.28. The molecule has 2 heterocycles. The van der Waals surface area contributed by atoms with E-state index in [1.807, 2.05) is 30.3 Å². The molecule has 2 N–H and O–H groups in total. The number of aryl methyl sites for hydroxylation is 1. The number of hydrogen-bond acceptors (Lipinski definition) is 4. The van der Waals surface area contributed by atoms with Crippen molar-refractivity contribution >= 4 is 33.9 Å². The van der Waals surface area contributed by atoms with Crippen LogP contribution in [0.5, 0.6) is 0 Å². The number of amides is 1. The molecule has 0 aliphatic carbocycles. The van der Waals surface area contributed by atoms with Crippen LogP contribution >= 0.6 is 0 Å². The number of fused-ring (bicyclic) bond motifs is 2. The SMILES string of the molecule is Cc1cc(C(=O)O)ccc1CNC(=O)c1cc(-c2ccccc2)cn2ncc(C(=O)c3ccc4cc(F)ccc4c3)c12. The highest BCUT2D eigenvalue weighted by molar-refractivity contribution is 6.17. The van der Waals surface area contributed by atoms with Gasteiger partial charge in [0.1, 0.15) is 5.82 Å². The molecule has 0 saturated heterocycles. The Labute approximate surface area is 239 Å². The minimum absolute atomic E-state index is 0.158. The molecular formula is C34H24FN3O4. The molecule has 0 unspecified atom stereocenters. The fourth-order valence-corrected chi connectivity index (χ4v) is 5.06. The third kappa shape index (κ3) is 5.01. The summed E-state index contributed by atoms with van der Waals surface area (Å²) in [6.07, 6.45) is 3.23. The van der Waals surface area contributed by atoms with E-state index in [1.165, 1.54) is 28.9 Å². The van der Waals surface area contributed by atoms with Crippen molar-refractivity contribution in [3.8, 4) is 11.1 Å². The van der Waals surface area contributed by atoms with Gasteiger partial charge >= 0.3 is 5.97 Å². The summed E-state index contributed by atoms with van der Waals surface area (Å²) in [5.41, 5.74) is 4.54. The van der Waals surface area contributed by atoms with Gasteiger partial charge in [0, 0.05) is 23.9 Å². The maximum atomic E-state index is 13.8. The van der Waals surface area contributed by atoms with Gasteiger partial charge < -0.3 is 10.4 Å². The van der Waals surface area contributed by atoms with Crippen LogP contribution in [-0.4, -0.2) is 32.4 Å². The lowest BCUT2D eigenvalue weighted by Gasteiger charge is -2.12. The molecule has 6 aromatic rings. The van der Waals surface area contributed by atoms with Gasteiger partial charge in [-0.1, -0.05) is 54.6 Å². The fraction of sp³-hybridized carbons (Fsp3) is 0.0588. The van der Waals surface area contributed by atoms with E-state index in [0.717, 1.165) is 22.3 Å². The molecule has 4 aromatic carbocycles. The number of pyridine rings is 1. The number of carbonyl (C=O) groups is 3. The summed E-state index contributed by atoms with van der Waals surface area (Å²) in [7, 11) is 0. The van der Waals surface area contributed by atoms with Crippen LogP contribution in [0.4, 0.5) is 4.39 Å². The third-order valence-corrected chi connectivity index (χ3v) is 7.30. The van der Waals surface area contributed by atoms with E-state index < -0.39 is 11.9 Å². The van der Waals surface area contributed by atoms with E-state index in [4.69, 9.17) is 0 Å². The normalized spacial score (nSPS) is 11.1. The Balaban J connectivity index is 1.41. The van der Waals surface area contributed by atoms with Crippen LogP contribution in [0, 0.1) is 12.7 Å². The number of carboxylic acids is 1. The molecule has 0 spiro atoms. The smallest absolute Gasteiger partial charge is 0.335 e. The number of rotatable bonds is 7. The number of halogens is 1. The summed E-state index contributed by atoms with van der Waals surface area (Å²) in [6.45, 7) is 1.94. The van der Waals surface area contributed by atoms with Crippen LogP contribution in [0.3, 0.4) is 0 Å². The van der Waals surface area contributed by atoms with Gasteiger partial charge in [-0.15, -0.1) is 0 Å². The molecule has 1 amide bonds. The van der Waals surface area contributed by atoms with Gasteiger partial charge in [0.2, 0.25) is 0 Å². The topological polar surface area (TPSA) is 101 Å². The number of carbonyl (C=O) groups excluding carboxylic acids is 2. The second-order valence-electron chi connectivity index (χ2n) is 10.0. The molecule has 42 heavy (non-hydrogen) atoms. The zero-order valence-corrected chi connectivity index (χ0v) is 22.5.